The van der Waals surface area contributed by atoms with Gasteiger partial charge >= 0.3 is 0 Å². The minimum Gasteiger partial charge on any atom is -0.366 e. The van der Waals surface area contributed by atoms with Gasteiger partial charge in [0.25, 0.3) is 0 Å². The summed E-state index contributed by atoms with van der Waals surface area (Å²) >= 11 is 0. The van der Waals surface area contributed by atoms with Gasteiger partial charge < -0.3 is 19.4 Å². The second-order valence-electron chi connectivity index (χ2n) is 18.8. The summed E-state index contributed by atoms with van der Waals surface area (Å²) in [7, 11) is 0. The van der Waals surface area contributed by atoms with Crippen LogP contribution in [0.15, 0.2) is 236 Å². The molecule has 14 rings (SSSR count). The van der Waals surface area contributed by atoms with E-state index in [1.807, 2.05) is 0 Å². The second kappa shape index (κ2) is 16.2. The van der Waals surface area contributed by atoms with E-state index in [4.69, 9.17) is 0 Å². The fourth-order valence-electron chi connectivity index (χ4n) is 12.0. The summed E-state index contributed by atoms with van der Waals surface area (Å²) < 4.78 is 4.97. The lowest BCUT2D eigenvalue weighted by Gasteiger charge is -2.40. The quantitative estimate of drug-likeness (QED) is 0.167. The zero-order valence-electron chi connectivity index (χ0n) is 38.1. The molecule has 0 spiro atoms. The third-order valence-corrected chi connectivity index (χ3v) is 15.0. The maximum atomic E-state index is 4.04. The molecule has 4 aliphatic rings. The second-order valence-corrected chi connectivity index (χ2v) is 18.8. The van der Waals surface area contributed by atoms with Crippen molar-refractivity contribution in [1.29, 1.82) is 0 Å². The van der Waals surface area contributed by atoms with Gasteiger partial charge in [0.05, 0.1) is 16.6 Å². The minimum absolute atomic E-state index is 0.0775. The van der Waals surface area contributed by atoms with E-state index in [0.717, 1.165) is 24.2 Å². The molecule has 0 bridgehead atoms. The molecule has 5 nitrogen and oxygen atoms in total. The van der Waals surface area contributed by atoms with Crippen LogP contribution in [0.2, 0.25) is 0 Å². The van der Waals surface area contributed by atoms with Crippen molar-refractivity contribution in [2.24, 2.45) is 0 Å². The standard InChI is InChI=1S/C64H49N5/c1-5-19-42(20-6-1)45-35-37-57-52(39-45)53-40-47(36-38-58(53)67(57)46-25-11-4-12-26-46)68-55-31-15-13-27-50(55)62-48(29-17-33-59(62)68)49-30-18-34-60-63(49)51-28-14-16-32-56(51)69(60)61-41-54(43-21-7-2-8-22-43)65-64(66-61)44-23-9-3-10-24-44/h1-12,14-26,28-41,49,61,63-66H,13,27H2. The molecule has 330 valence electrons. The lowest BCUT2D eigenvalue weighted by Crippen LogP contribution is -2.51. The summed E-state index contributed by atoms with van der Waals surface area (Å²) in [5, 5.41) is 11.8. The first-order valence-electron chi connectivity index (χ1n) is 24.4. The van der Waals surface area contributed by atoms with Gasteiger partial charge in [0.1, 0.15) is 12.3 Å². The monoisotopic (exact) mass is 887 g/mol. The van der Waals surface area contributed by atoms with Crippen molar-refractivity contribution in [3.63, 3.8) is 0 Å². The molecule has 0 saturated carbocycles. The van der Waals surface area contributed by atoms with Crippen LogP contribution in [0, 0.1) is 0 Å². The molecule has 0 amide bonds. The van der Waals surface area contributed by atoms with Crippen molar-refractivity contribution in [3.05, 3.63) is 270 Å². The Morgan fingerprint density at radius 1 is 0.536 bits per heavy atom. The molecule has 69 heavy (non-hydrogen) atoms. The molecule has 2 aliphatic carbocycles. The maximum absolute atomic E-state index is 4.04. The van der Waals surface area contributed by atoms with E-state index in [-0.39, 0.29) is 24.2 Å². The fourth-order valence-corrected chi connectivity index (χ4v) is 12.0. The largest absolute Gasteiger partial charge is 0.366 e. The van der Waals surface area contributed by atoms with Crippen LogP contribution in [0.25, 0.3) is 67.0 Å². The van der Waals surface area contributed by atoms with E-state index in [1.54, 1.807) is 0 Å². The lowest BCUT2D eigenvalue weighted by molar-refractivity contribution is 0.430. The number of allylic oxidation sites excluding steroid dienone is 5. The number of aromatic nitrogens is 2. The van der Waals surface area contributed by atoms with E-state index in [1.165, 1.54) is 94.4 Å². The molecule has 4 unspecified atom stereocenters. The Morgan fingerprint density at radius 2 is 1.23 bits per heavy atom. The topological polar surface area (TPSA) is 37.2 Å². The Hall–Kier alpha value is -8.38. The van der Waals surface area contributed by atoms with Crippen LogP contribution < -0.4 is 15.5 Å². The van der Waals surface area contributed by atoms with E-state index < -0.39 is 0 Å². The number of fused-ring (bicyclic) bond motifs is 9. The van der Waals surface area contributed by atoms with E-state index >= 15 is 0 Å². The van der Waals surface area contributed by atoms with Gasteiger partial charge in [0.2, 0.25) is 0 Å². The number of rotatable bonds is 7. The van der Waals surface area contributed by atoms with Crippen molar-refractivity contribution >= 4 is 50.2 Å². The molecule has 10 aromatic rings. The van der Waals surface area contributed by atoms with Crippen LogP contribution in [0.1, 0.15) is 57.9 Å². The van der Waals surface area contributed by atoms with E-state index in [0.29, 0.717) is 0 Å². The smallest absolute Gasteiger partial charge is 0.107 e. The predicted octanol–water partition coefficient (Wildman–Crippen LogP) is 14.8. The first-order chi connectivity index (χ1) is 34.2. The summed E-state index contributed by atoms with van der Waals surface area (Å²) in [6.45, 7) is 0. The summed E-state index contributed by atoms with van der Waals surface area (Å²) in [6, 6.07) is 73.3. The molecule has 2 aromatic heterocycles. The Kier molecular flexibility index (Phi) is 9.31. The van der Waals surface area contributed by atoms with Gasteiger partial charge in [-0.2, -0.15) is 0 Å². The molecule has 4 heterocycles. The summed E-state index contributed by atoms with van der Waals surface area (Å²) in [5.41, 5.74) is 20.0. The first kappa shape index (κ1) is 39.8. The zero-order chi connectivity index (χ0) is 45.4. The summed E-state index contributed by atoms with van der Waals surface area (Å²) in [5.74, 6) is 0.257. The predicted molar refractivity (Wildman–Crippen MR) is 286 cm³/mol. The molecule has 8 aromatic carbocycles. The Labute approximate surface area is 402 Å². The SMILES string of the molecule is C1=CC(c2cccc3c2c2c(n3-c3ccc4c(c3)c3cc(-c5ccccc5)ccc3n4-c3ccccc3)C=CCC2)C2C(=C1)N(C1C=C(c3ccccc3)NC(c3ccccc3)N1)c1ccccc12. The number of para-hydroxylation sites is 2. The van der Waals surface area contributed by atoms with Crippen molar-refractivity contribution in [1.82, 2.24) is 19.8 Å². The van der Waals surface area contributed by atoms with Crippen LogP contribution in [0.4, 0.5) is 5.69 Å². The normalized spacial score (nSPS) is 19.3. The molecule has 5 heteroatoms. The van der Waals surface area contributed by atoms with Gasteiger partial charge in [-0.15, -0.1) is 0 Å². The number of anilines is 1. The van der Waals surface area contributed by atoms with Crippen LogP contribution >= 0.6 is 0 Å². The highest BCUT2D eigenvalue weighted by Gasteiger charge is 2.44. The lowest BCUT2D eigenvalue weighted by atomic mass is 9.76. The first-order valence-corrected chi connectivity index (χ1v) is 24.4. The van der Waals surface area contributed by atoms with Gasteiger partial charge in [-0.05, 0) is 125 Å². The van der Waals surface area contributed by atoms with E-state index in [2.05, 4.69) is 261 Å². The van der Waals surface area contributed by atoms with Crippen molar-refractivity contribution < 1.29 is 0 Å². The van der Waals surface area contributed by atoms with Gasteiger partial charge in [-0.1, -0.05) is 164 Å². The average Bonchev–Trinajstić information content (AvgIpc) is 4.07. The van der Waals surface area contributed by atoms with Crippen LogP contribution in [-0.4, -0.2) is 15.3 Å². The highest BCUT2D eigenvalue weighted by Crippen LogP contribution is 2.55. The van der Waals surface area contributed by atoms with Crippen molar-refractivity contribution in [3.8, 4) is 22.5 Å². The van der Waals surface area contributed by atoms with E-state index in [9.17, 15) is 0 Å². The number of benzene rings is 8. The molecule has 4 atom stereocenters. The number of nitrogens with zero attached hydrogens (tertiary/aromatic N) is 3. The summed E-state index contributed by atoms with van der Waals surface area (Å²) in [4.78, 5) is 2.57. The highest BCUT2D eigenvalue weighted by atomic mass is 15.3. The number of aryl methyl sites for hydroxylation is 1. The molecule has 2 aliphatic heterocycles. The fraction of sp³-hybridized carbons (Fsp3) is 0.0938. The molecular weight excluding hydrogens is 839 g/mol. The van der Waals surface area contributed by atoms with Gasteiger partial charge in [0.15, 0.2) is 0 Å². The van der Waals surface area contributed by atoms with Crippen molar-refractivity contribution in [2.75, 3.05) is 4.90 Å². The number of hydrogen-bond acceptors (Lipinski definition) is 3. The number of hydrogen-bond donors (Lipinski definition) is 2. The molecule has 0 saturated heterocycles. The summed E-state index contributed by atoms with van der Waals surface area (Å²) in [6.07, 6.45) is 16.1. The van der Waals surface area contributed by atoms with Gasteiger partial charge in [0, 0.05) is 62.1 Å². The maximum Gasteiger partial charge on any atom is 0.107 e. The third-order valence-electron chi connectivity index (χ3n) is 15.0. The molecule has 0 fully saturated rings. The zero-order valence-corrected chi connectivity index (χ0v) is 38.1. The van der Waals surface area contributed by atoms with Gasteiger partial charge in [-0.25, -0.2) is 0 Å². The number of nitrogens with one attached hydrogen (secondary N) is 2. The Morgan fingerprint density at radius 3 is 2.04 bits per heavy atom. The average molecular weight is 888 g/mol. The van der Waals surface area contributed by atoms with Crippen molar-refractivity contribution in [2.45, 2.75) is 37.0 Å². The van der Waals surface area contributed by atoms with Gasteiger partial charge in [-0.3, -0.25) is 5.32 Å². The molecular formula is C64H49N5. The highest BCUT2D eigenvalue weighted by molar-refractivity contribution is 6.11. The Balaban J connectivity index is 0.911. The Bertz CT molecular complexity index is 3740. The molecule has 0 radical (unpaired) electrons. The van der Waals surface area contributed by atoms with Crippen LogP contribution in [0.3, 0.4) is 0 Å². The van der Waals surface area contributed by atoms with Crippen LogP contribution in [-0.2, 0) is 6.42 Å². The third kappa shape index (κ3) is 6.42. The van der Waals surface area contributed by atoms with Crippen LogP contribution in [0.5, 0.6) is 0 Å². The minimum atomic E-state index is -0.0995. The molecule has 2 N–H and O–H groups in total.